The molecule has 0 aromatic heterocycles. The van der Waals surface area contributed by atoms with Gasteiger partial charge in [-0.25, -0.2) is 0 Å². The highest BCUT2D eigenvalue weighted by Gasteiger charge is 2.24. The minimum atomic E-state index is -0.847. The van der Waals surface area contributed by atoms with Gasteiger partial charge in [0.25, 0.3) is 0 Å². The fourth-order valence-electron chi connectivity index (χ4n) is 1.66. The molecule has 0 aliphatic carbocycles. The second-order valence-corrected chi connectivity index (χ2v) is 4.72. The van der Waals surface area contributed by atoms with Gasteiger partial charge in [-0.05, 0) is 24.9 Å². The Kier molecular flexibility index (Phi) is 4.73. The Bertz CT molecular complexity index is 262. The summed E-state index contributed by atoms with van der Waals surface area (Å²) in [4.78, 5) is 22.3. The molecule has 5 heteroatoms. The molecule has 0 saturated carbocycles. The van der Waals surface area contributed by atoms with E-state index < -0.39 is 11.9 Å². The summed E-state index contributed by atoms with van der Waals surface area (Å²) in [7, 11) is 0. The van der Waals surface area contributed by atoms with Crippen molar-refractivity contribution in [2.75, 3.05) is 19.6 Å². The Hall–Kier alpha value is -1.10. The average molecular weight is 228 g/mol. The van der Waals surface area contributed by atoms with Gasteiger partial charge < -0.3 is 15.7 Å². The van der Waals surface area contributed by atoms with Crippen molar-refractivity contribution >= 4 is 11.9 Å². The van der Waals surface area contributed by atoms with Crippen LogP contribution in [-0.2, 0) is 9.59 Å². The van der Waals surface area contributed by atoms with E-state index in [2.05, 4.69) is 10.6 Å². The summed E-state index contributed by atoms with van der Waals surface area (Å²) in [5.41, 5.74) is 0. The lowest BCUT2D eigenvalue weighted by Gasteiger charge is -2.26. The van der Waals surface area contributed by atoms with Gasteiger partial charge in [0.05, 0.1) is 5.92 Å². The largest absolute Gasteiger partial charge is 0.481 e. The quantitative estimate of drug-likeness (QED) is 0.601. The SMILES string of the molecule is CC(C)C(CNC(=O)CC1CNC1)C(=O)O. The summed E-state index contributed by atoms with van der Waals surface area (Å²) in [6, 6.07) is 0. The van der Waals surface area contributed by atoms with Crippen LogP contribution in [0.3, 0.4) is 0 Å². The molecule has 0 aromatic rings. The molecule has 1 unspecified atom stereocenters. The van der Waals surface area contributed by atoms with E-state index in [4.69, 9.17) is 5.11 Å². The number of hydrogen-bond acceptors (Lipinski definition) is 3. The number of aliphatic carboxylic acids is 1. The first-order valence-electron chi connectivity index (χ1n) is 5.71. The Balaban J connectivity index is 2.25. The first-order valence-corrected chi connectivity index (χ1v) is 5.71. The van der Waals surface area contributed by atoms with Crippen LogP contribution in [-0.4, -0.2) is 36.6 Å². The maximum Gasteiger partial charge on any atom is 0.308 e. The van der Waals surface area contributed by atoms with Crippen molar-refractivity contribution in [2.45, 2.75) is 20.3 Å². The van der Waals surface area contributed by atoms with Crippen molar-refractivity contribution < 1.29 is 14.7 Å². The van der Waals surface area contributed by atoms with E-state index in [9.17, 15) is 9.59 Å². The molecule has 0 aromatic carbocycles. The molecular weight excluding hydrogens is 208 g/mol. The van der Waals surface area contributed by atoms with E-state index in [-0.39, 0.29) is 18.4 Å². The van der Waals surface area contributed by atoms with Gasteiger partial charge in [-0.2, -0.15) is 0 Å². The Morgan fingerprint density at radius 3 is 2.44 bits per heavy atom. The summed E-state index contributed by atoms with van der Waals surface area (Å²) < 4.78 is 0. The van der Waals surface area contributed by atoms with Gasteiger partial charge in [0, 0.05) is 13.0 Å². The van der Waals surface area contributed by atoms with E-state index in [1.54, 1.807) is 0 Å². The van der Waals surface area contributed by atoms with Crippen molar-refractivity contribution in [2.24, 2.45) is 17.8 Å². The molecule has 0 bridgehead atoms. The second kappa shape index (κ2) is 5.84. The van der Waals surface area contributed by atoms with E-state index in [1.165, 1.54) is 0 Å². The van der Waals surface area contributed by atoms with Gasteiger partial charge >= 0.3 is 5.97 Å². The Labute approximate surface area is 95.6 Å². The van der Waals surface area contributed by atoms with Crippen molar-refractivity contribution in [1.29, 1.82) is 0 Å². The van der Waals surface area contributed by atoms with Gasteiger partial charge in [0.2, 0.25) is 5.91 Å². The fourth-order valence-corrected chi connectivity index (χ4v) is 1.66. The number of carboxylic acid groups (broad SMARTS) is 1. The smallest absolute Gasteiger partial charge is 0.308 e. The molecule has 0 radical (unpaired) electrons. The van der Waals surface area contributed by atoms with Crippen LogP contribution in [0.25, 0.3) is 0 Å². The predicted molar refractivity (Wildman–Crippen MR) is 60.0 cm³/mol. The molecule has 5 nitrogen and oxygen atoms in total. The highest BCUT2D eigenvalue weighted by atomic mass is 16.4. The highest BCUT2D eigenvalue weighted by Crippen LogP contribution is 2.11. The van der Waals surface area contributed by atoms with Crippen LogP contribution in [0.1, 0.15) is 20.3 Å². The number of carbonyl (C=O) groups excluding carboxylic acids is 1. The zero-order valence-corrected chi connectivity index (χ0v) is 9.82. The Morgan fingerprint density at radius 2 is 2.06 bits per heavy atom. The summed E-state index contributed by atoms with van der Waals surface area (Å²) >= 11 is 0. The molecule has 16 heavy (non-hydrogen) atoms. The van der Waals surface area contributed by atoms with Gasteiger partial charge in [0.1, 0.15) is 0 Å². The maximum atomic E-state index is 11.5. The molecule has 1 amide bonds. The molecule has 1 heterocycles. The highest BCUT2D eigenvalue weighted by molar-refractivity contribution is 5.77. The number of carboxylic acids is 1. The minimum Gasteiger partial charge on any atom is -0.481 e. The first kappa shape index (κ1) is 13.0. The van der Waals surface area contributed by atoms with Gasteiger partial charge in [-0.3, -0.25) is 9.59 Å². The van der Waals surface area contributed by atoms with E-state index >= 15 is 0 Å². The molecule has 1 saturated heterocycles. The zero-order valence-electron chi connectivity index (χ0n) is 9.82. The lowest BCUT2D eigenvalue weighted by atomic mass is 9.95. The molecular formula is C11H20N2O3. The third-order valence-electron chi connectivity index (χ3n) is 2.98. The lowest BCUT2D eigenvalue weighted by molar-refractivity contribution is -0.143. The third-order valence-corrected chi connectivity index (χ3v) is 2.98. The topological polar surface area (TPSA) is 78.4 Å². The predicted octanol–water partition coefficient (Wildman–Crippen LogP) is 0.0689. The zero-order chi connectivity index (χ0) is 12.1. The summed E-state index contributed by atoms with van der Waals surface area (Å²) in [5.74, 6) is -0.937. The third kappa shape index (κ3) is 3.81. The molecule has 1 rings (SSSR count). The van der Waals surface area contributed by atoms with Crippen LogP contribution in [0.2, 0.25) is 0 Å². The van der Waals surface area contributed by atoms with Crippen LogP contribution in [0.4, 0.5) is 0 Å². The van der Waals surface area contributed by atoms with Crippen LogP contribution >= 0.6 is 0 Å². The van der Waals surface area contributed by atoms with Crippen molar-refractivity contribution in [1.82, 2.24) is 10.6 Å². The molecule has 0 spiro atoms. The molecule has 1 atom stereocenters. The number of amides is 1. The Morgan fingerprint density at radius 1 is 1.44 bits per heavy atom. The fraction of sp³-hybridized carbons (Fsp3) is 0.818. The van der Waals surface area contributed by atoms with Gasteiger partial charge in [-0.15, -0.1) is 0 Å². The van der Waals surface area contributed by atoms with E-state index in [0.29, 0.717) is 12.3 Å². The van der Waals surface area contributed by atoms with Crippen LogP contribution < -0.4 is 10.6 Å². The summed E-state index contributed by atoms with van der Waals surface area (Å²) in [6.45, 7) is 5.70. The summed E-state index contributed by atoms with van der Waals surface area (Å²) in [5, 5.41) is 14.7. The molecule has 1 aliphatic rings. The monoisotopic (exact) mass is 228 g/mol. The minimum absolute atomic E-state index is 0.0307. The standard InChI is InChI=1S/C11H20N2O3/c1-7(2)9(11(15)16)6-13-10(14)3-8-4-12-5-8/h7-9,12H,3-6H2,1-2H3,(H,13,14)(H,15,16). The van der Waals surface area contributed by atoms with Crippen molar-refractivity contribution in [3.05, 3.63) is 0 Å². The average Bonchev–Trinajstić information content (AvgIpc) is 2.10. The molecule has 1 fully saturated rings. The van der Waals surface area contributed by atoms with Gasteiger partial charge in [-0.1, -0.05) is 13.8 Å². The molecule has 3 N–H and O–H groups in total. The van der Waals surface area contributed by atoms with Gasteiger partial charge in [0.15, 0.2) is 0 Å². The number of rotatable bonds is 6. The summed E-state index contributed by atoms with van der Waals surface area (Å²) in [6.07, 6.45) is 0.497. The maximum absolute atomic E-state index is 11.5. The number of hydrogen-bond donors (Lipinski definition) is 3. The first-order chi connectivity index (χ1) is 7.50. The van der Waals surface area contributed by atoms with Crippen molar-refractivity contribution in [3.8, 4) is 0 Å². The normalized spacial score (nSPS) is 17.9. The van der Waals surface area contributed by atoms with E-state index in [0.717, 1.165) is 13.1 Å². The molecule has 1 aliphatic heterocycles. The van der Waals surface area contributed by atoms with E-state index in [1.807, 2.05) is 13.8 Å². The number of nitrogens with one attached hydrogen (secondary N) is 2. The second-order valence-electron chi connectivity index (χ2n) is 4.72. The van der Waals surface area contributed by atoms with Crippen LogP contribution in [0, 0.1) is 17.8 Å². The van der Waals surface area contributed by atoms with Crippen LogP contribution in [0.15, 0.2) is 0 Å². The van der Waals surface area contributed by atoms with Crippen LogP contribution in [0.5, 0.6) is 0 Å². The van der Waals surface area contributed by atoms with Crippen molar-refractivity contribution in [3.63, 3.8) is 0 Å². The lowest BCUT2D eigenvalue weighted by Crippen LogP contribution is -2.45. The number of carbonyl (C=O) groups is 2. The molecule has 92 valence electrons.